The summed E-state index contributed by atoms with van der Waals surface area (Å²) < 4.78 is 0. The van der Waals surface area contributed by atoms with Gasteiger partial charge in [-0.3, -0.25) is 9.59 Å². The maximum Gasteiger partial charge on any atom is 0.243 e. The van der Waals surface area contributed by atoms with Crippen molar-refractivity contribution in [2.45, 2.75) is 57.1 Å². The lowest BCUT2D eigenvalue weighted by Gasteiger charge is -2.31. The summed E-state index contributed by atoms with van der Waals surface area (Å²) in [6.07, 6.45) is 1.30. The van der Waals surface area contributed by atoms with E-state index < -0.39 is 6.04 Å². The summed E-state index contributed by atoms with van der Waals surface area (Å²) in [5.74, 6) is -0.108. The van der Waals surface area contributed by atoms with Crippen LogP contribution in [-0.2, 0) is 16.1 Å². The second kappa shape index (κ2) is 12.6. The Kier molecular flexibility index (Phi) is 10.5. The standard InChI is InChI=1S/C23H27Cl3N2O2S/c1-4-15(3)27-23(30)21(5-2)28(13-16-6-7-18(25)12-20(16)26)22(29)14-31-19-10-8-17(24)9-11-19/h6-12,15,21H,4-5,13-14H2,1-3H3,(H,27,30). The van der Waals surface area contributed by atoms with Crippen molar-refractivity contribution < 1.29 is 9.59 Å². The molecular weight excluding hydrogens is 475 g/mol. The molecule has 0 aliphatic heterocycles. The number of nitrogens with zero attached hydrogens (tertiary/aromatic N) is 1. The van der Waals surface area contributed by atoms with Crippen LogP contribution in [0.1, 0.15) is 39.2 Å². The van der Waals surface area contributed by atoms with Gasteiger partial charge in [0, 0.05) is 32.5 Å². The molecule has 2 aromatic carbocycles. The maximum atomic E-state index is 13.3. The van der Waals surface area contributed by atoms with Crippen LogP contribution in [0.3, 0.4) is 0 Å². The van der Waals surface area contributed by atoms with E-state index in [0.29, 0.717) is 21.5 Å². The highest BCUT2D eigenvalue weighted by atomic mass is 35.5. The smallest absolute Gasteiger partial charge is 0.243 e. The molecule has 1 N–H and O–H groups in total. The minimum absolute atomic E-state index is 0.0288. The predicted octanol–water partition coefficient (Wildman–Crippen LogP) is 6.46. The van der Waals surface area contributed by atoms with Crippen LogP contribution in [0.4, 0.5) is 0 Å². The van der Waals surface area contributed by atoms with Crippen LogP contribution in [0.25, 0.3) is 0 Å². The van der Waals surface area contributed by atoms with Crippen molar-refractivity contribution in [2.24, 2.45) is 0 Å². The number of rotatable bonds is 10. The molecule has 0 aliphatic rings. The summed E-state index contributed by atoms with van der Waals surface area (Å²) in [6, 6.07) is 11.9. The summed E-state index contributed by atoms with van der Waals surface area (Å²) >= 11 is 19.7. The van der Waals surface area contributed by atoms with Gasteiger partial charge in [0.15, 0.2) is 0 Å². The molecule has 0 aliphatic carbocycles. The summed E-state index contributed by atoms with van der Waals surface area (Å²) in [5.41, 5.74) is 0.741. The Morgan fingerprint density at radius 3 is 2.23 bits per heavy atom. The monoisotopic (exact) mass is 500 g/mol. The van der Waals surface area contributed by atoms with Crippen LogP contribution in [0.5, 0.6) is 0 Å². The molecule has 0 radical (unpaired) electrons. The fourth-order valence-electron chi connectivity index (χ4n) is 2.95. The lowest BCUT2D eigenvalue weighted by Crippen LogP contribution is -2.51. The van der Waals surface area contributed by atoms with E-state index in [1.807, 2.05) is 32.9 Å². The zero-order valence-corrected chi connectivity index (χ0v) is 20.9. The van der Waals surface area contributed by atoms with Crippen LogP contribution in [0.2, 0.25) is 15.1 Å². The number of hydrogen-bond acceptors (Lipinski definition) is 3. The van der Waals surface area contributed by atoms with E-state index in [4.69, 9.17) is 34.8 Å². The summed E-state index contributed by atoms with van der Waals surface area (Å²) in [7, 11) is 0. The maximum absolute atomic E-state index is 13.3. The molecule has 4 nitrogen and oxygen atoms in total. The molecule has 31 heavy (non-hydrogen) atoms. The number of thioether (sulfide) groups is 1. The van der Waals surface area contributed by atoms with Crippen molar-refractivity contribution in [3.63, 3.8) is 0 Å². The molecule has 2 unspecified atom stereocenters. The first-order valence-corrected chi connectivity index (χ1v) is 12.3. The third-order valence-electron chi connectivity index (χ3n) is 4.92. The second-order valence-corrected chi connectivity index (χ2v) is 9.57. The van der Waals surface area contributed by atoms with Gasteiger partial charge >= 0.3 is 0 Å². The van der Waals surface area contributed by atoms with Crippen molar-refractivity contribution in [3.05, 3.63) is 63.1 Å². The van der Waals surface area contributed by atoms with Gasteiger partial charge in [-0.15, -0.1) is 11.8 Å². The van der Waals surface area contributed by atoms with Crippen molar-refractivity contribution in [1.82, 2.24) is 10.2 Å². The second-order valence-electron chi connectivity index (χ2n) is 7.24. The molecule has 0 aromatic heterocycles. The first-order chi connectivity index (χ1) is 14.7. The Balaban J connectivity index is 2.24. The Morgan fingerprint density at radius 2 is 1.65 bits per heavy atom. The zero-order valence-electron chi connectivity index (χ0n) is 17.8. The summed E-state index contributed by atoms with van der Waals surface area (Å²) in [4.78, 5) is 28.7. The molecule has 0 bridgehead atoms. The van der Waals surface area contributed by atoms with Gasteiger partial charge in [-0.1, -0.05) is 54.7 Å². The molecule has 0 spiro atoms. The van der Waals surface area contributed by atoms with Crippen LogP contribution in [-0.4, -0.2) is 34.6 Å². The highest BCUT2D eigenvalue weighted by Gasteiger charge is 2.29. The van der Waals surface area contributed by atoms with Crippen molar-refractivity contribution in [1.29, 1.82) is 0 Å². The Bertz CT molecular complexity index is 893. The minimum atomic E-state index is -0.598. The Morgan fingerprint density at radius 1 is 1.00 bits per heavy atom. The third kappa shape index (κ3) is 7.90. The molecule has 0 saturated heterocycles. The number of halogens is 3. The number of hydrogen-bond donors (Lipinski definition) is 1. The van der Waals surface area contributed by atoms with E-state index in [9.17, 15) is 9.59 Å². The van der Waals surface area contributed by atoms with Crippen molar-refractivity contribution in [3.8, 4) is 0 Å². The van der Waals surface area contributed by atoms with E-state index >= 15 is 0 Å². The lowest BCUT2D eigenvalue weighted by molar-refractivity contribution is -0.139. The molecule has 2 aromatic rings. The molecule has 2 atom stereocenters. The molecule has 0 fully saturated rings. The van der Waals surface area contributed by atoms with E-state index in [2.05, 4.69) is 5.32 Å². The summed E-state index contributed by atoms with van der Waals surface area (Å²) in [5, 5.41) is 4.62. The minimum Gasteiger partial charge on any atom is -0.352 e. The SMILES string of the molecule is CCC(C)NC(=O)C(CC)N(Cc1ccc(Cl)cc1Cl)C(=O)CSc1ccc(Cl)cc1. The summed E-state index contributed by atoms with van der Waals surface area (Å²) in [6.45, 7) is 6.08. The van der Waals surface area contributed by atoms with E-state index in [1.165, 1.54) is 11.8 Å². The number of nitrogens with one attached hydrogen (secondary N) is 1. The number of amides is 2. The number of carbonyl (C=O) groups is 2. The fraction of sp³-hybridized carbons (Fsp3) is 0.391. The van der Waals surface area contributed by atoms with E-state index in [0.717, 1.165) is 16.9 Å². The Labute approximate surface area is 203 Å². The predicted molar refractivity (Wildman–Crippen MR) is 131 cm³/mol. The van der Waals surface area contributed by atoms with E-state index in [-0.39, 0.29) is 30.2 Å². The molecular formula is C23H27Cl3N2O2S. The van der Waals surface area contributed by atoms with Gasteiger partial charge in [-0.25, -0.2) is 0 Å². The fourth-order valence-corrected chi connectivity index (χ4v) is 4.33. The van der Waals surface area contributed by atoms with Gasteiger partial charge in [0.1, 0.15) is 6.04 Å². The number of carbonyl (C=O) groups excluding carboxylic acids is 2. The lowest BCUT2D eigenvalue weighted by atomic mass is 10.1. The van der Waals surface area contributed by atoms with Gasteiger partial charge in [-0.05, 0) is 61.7 Å². The first-order valence-electron chi connectivity index (χ1n) is 10.2. The molecule has 2 amide bonds. The van der Waals surface area contributed by atoms with Crippen molar-refractivity contribution in [2.75, 3.05) is 5.75 Å². The van der Waals surface area contributed by atoms with Gasteiger partial charge < -0.3 is 10.2 Å². The number of benzene rings is 2. The molecule has 168 valence electrons. The van der Waals surface area contributed by atoms with Crippen molar-refractivity contribution >= 4 is 58.4 Å². The van der Waals surface area contributed by atoms with Gasteiger partial charge in [0.25, 0.3) is 0 Å². The van der Waals surface area contributed by atoms with Gasteiger partial charge in [0.05, 0.1) is 5.75 Å². The van der Waals surface area contributed by atoms with E-state index in [1.54, 1.807) is 35.2 Å². The molecule has 2 rings (SSSR count). The average molecular weight is 502 g/mol. The van der Waals surface area contributed by atoms with Crippen LogP contribution >= 0.6 is 46.6 Å². The van der Waals surface area contributed by atoms with Gasteiger partial charge in [-0.2, -0.15) is 0 Å². The molecule has 8 heteroatoms. The molecule has 0 saturated carbocycles. The Hall–Kier alpha value is -1.40. The van der Waals surface area contributed by atoms with Crippen LogP contribution in [0, 0.1) is 0 Å². The highest BCUT2D eigenvalue weighted by Crippen LogP contribution is 2.26. The zero-order chi connectivity index (χ0) is 23.0. The van der Waals surface area contributed by atoms with Crippen LogP contribution < -0.4 is 5.32 Å². The first kappa shape index (κ1) is 25.9. The topological polar surface area (TPSA) is 49.4 Å². The molecule has 0 heterocycles. The average Bonchev–Trinajstić information content (AvgIpc) is 2.74. The third-order valence-corrected chi connectivity index (χ3v) is 6.75. The highest BCUT2D eigenvalue weighted by molar-refractivity contribution is 8.00. The quantitative estimate of drug-likeness (QED) is 0.380. The van der Waals surface area contributed by atoms with Gasteiger partial charge in [0.2, 0.25) is 11.8 Å². The largest absolute Gasteiger partial charge is 0.352 e. The normalized spacial score (nSPS) is 12.8. The van der Waals surface area contributed by atoms with Crippen LogP contribution in [0.15, 0.2) is 47.4 Å².